The molecule has 26 heavy (non-hydrogen) atoms. The molecule has 0 radical (unpaired) electrons. The zero-order chi connectivity index (χ0) is 19.1. The van der Waals surface area contributed by atoms with Gasteiger partial charge in [0.25, 0.3) is 0 Å². The first-order chi connectivity index (χ1) is 12.2. The molecule has 0 unspecified atom stereocenters. The molecule has 3 aromatic rings. The van der Waals surface area contributed by atoms with E-state index < -0.39 is 38.2 Å². The summed E-state index contributed by atoms with van der Waals surface area (Å²) >= 11 is 0. The Bertz CT molecular complexity index is 1070. The molecule has 0 saturated heterocycles. The van der Waals surface area contributed by atoms with Crippen molar-refractivity contribution in [1.82, 2.24) is 4.98 Å². The van der Waals surface area contributed by atoms with Crippen molar-refractivity contribution in [1.29, 1.82) is 0 Å². The molecule has 2 N–H and O–H groups in total. The van der Waals surface area contributed by atoms with Crippen LogP contribution in [0.4, 0.5) is 17.6 Å². The third-order valence-electron chi connectivity index (χ3n) is 3.54. The van der Waals surface area contributed by atoms with Crippen molar-refractivity contribution in [3.8, 4) is 22.4 Å². The fourth-order valence-corrected chi connectivity index (χ4v) is 3.21. The van der Waals surface area contributed by atoms with Crippen LogP contribution in [0.1, 0.15) is 0 Å². The lowest BCUT2D eigenvalue weighted by atomic mass is 9.99. The monoisotopic (exact) mass is 382 g/mol. The number of aromatic nitrogens is 1. The number of rotatable bonds is 3. The number of nitrogens with two attached hydrogens (primary N) is 1. The van der Waals surface area contributed by atoms with Gasteiger partial charge in [0.2, 0.25) is 10.0 Å². The first-order valence-corrected chi connectivity index (χ1v) is 8.65. The van der Waals surface area contributed by atoms with Crippen LogP contribution in [0.3, 0.4) is 0 Å². The molecule has 2 aromatic carbocycles. The highest BCUT2D eigenvalue weighted by atomic mass is 32.2. The van der Waals surface area contributed by atoms with E-state index in [1.54, 1.807) is 0 Å². The number of primary sulfonamides is 1. The highest BCUT2D eigenvalue weighted by Crippen LogP contribution is 2.33. The van der Waals surface area contributed by atoms with Crippen LogP contribution in [0.2, 0.25) is 0 Å². The van der Waals surface area contributed by atoms with Gasteiger partial charge in [0.1, 0.15) is 23.3 Å². The van der Waals surface area contributed by atoms with E-state index in [-0.39, 0.29) is 22.4 Å². The van der Waals surface area contributed by atoms with Crippen molar-refractivity contribution in [2.24, 2.45) is 5.14 Å². The van der Waals surface area contributed by atoms with Gasteiger partial charge < -0.3 is 0 Å². The first-order valence-electron chi connectivity index (χ1n) is 7.10. The molecule has 0 spiro atoms. The third kappa shape index (κ3) is 3.44. The van der Waals surface area contributed by atoms with Gasteiger partial charge in [-0.05, 0) is 35.9 Å². The van der Waals surface area contributed by atoms with E-state index in [1.165, 1.54) is 18.3 Å². The van der Waals surface area contributed by atoms with Crippen molar-refractivity contribution >= 4 is 10.0 Å². The average molecular weight is 382 g/mol. The van der Waals surface area contributed by atoms with Crippen molar-refractivity contribution in [3.05, 3.63) is 71.9 Å². The summed E-state index contributed by atoms with van der Waals surface area (Å²) in [4.78, 5) is 2.76. The highest BCUT2D eigenvalue weighted by Gasteiger charge is 2.22. The maximum atomic E-state index is 14.1. The van der Waals surface area contributed by atoms with Crippen LogP contribution < -0.4 is 5.14 Å². The van der Waals surface area contributed by atoms with Crippen molar-refractivity contribution in [2.45, 2.75) is 4.90 Å². The first kappa shape index (κ1) is 18.0. The minimum atomic E-state index is -4.60. The van der Waals surface area contributed by atoms with E-state index in [9.17, 15) is 26.0 Å². The van der Waals surface area contributed by atoms with Gasteiger partial charge in [-0.1, -0.05) is 6.07 Å². The van der Waals surface area contributed by atoms with E-state index in [1.807, 2.05) is 0 Å². The number of hydrogen-bond donors (Lipinski definition) is 1. The summed E-state index contributed by atoms with van der Waals surface area (Å²) in [5.74, 6) is -4.47. The van der Waals surface area contributed by atoms with Gasteiger partial charge in [0, 0.05) is 23.4 Å². The summed E-state index contributed by atoms with van der Waals surface area (Å²) in [6.45, 7) is 0. The average Bonchev–Trinajstić information content (AvgIpc) is 2.52. The van der Waals surface area contributed by atoms with E-state index >= 15 is 0 Å². The fourth-order valence-electron chi connectivity index (χ4n) is 2.55. The molecule has 9 heteroatoms. The Kier molecular flexibility index (Phi) is 4.51. The van der Waals surface area contributed by atoms with Crippen LogP contribution in [0.5, 0.6) is 0 Å². The fraction of sp³-hybridized carbons (Fsp3) is 0. The molecule has 0 amide bonds. The van der Waals surface area contributed by atoms with Crippen LogP contribution >= 0.6 is 0 Å². The topological polar surface area (TPSA) is 73.1 Å². The Morgan fingerprint density at radius 2 is 1.42 bits per heavy atom. The van der Waals surface area contributed by atoms with Gasteiger partial charge in [-0.2, -0.15) is 0 Å². The number of nitrogens with zero attached hydrogens (tertiary/aromatic N) is 1. The molecule has 0 saturated carbocycles. The lowest BCUT2D eigenvalue weighted by Gasteiger charge is -2.11. The second-order valence-corrected chi connectivity index (χ2v) is 6.87. The van der Waals surface area contributed by atoms with E-state index in [4.69, 9.17) is 5.14 Å². The molecule has 0 aliphatic rings. The summed E-state index contributed by atoms with van der Waals surface area (Å²) in [7, 11) is -4.60. The lowest BCUT2D eigenvalue weighted by Crippen LogP contribution is -2.16. The number of halogens is 4. The van der Waals surface area contributed by atoms with Gasteiger partial charge in [-0.3, -0.25) is 4.98 Å². The molecular formula is C17H10F4N2O2S. The van der Waals surface area contributed by atoms with Crippen molar-refractivity contribution in [3.63, 3.8) is 0 Å². The summed E-state index contributed by atoms with van der Waals surface area (Å²) < 4.78 is 77.8. The molecule has 0 atom stereocenters. The largest absolute Gasteiger partial charge is 0.256 e. The van der Waals surface area contributed by atoms with Gasteiger partial charge >= 0.3 is 0 Å². The number of benzene rings is 2. The second-order valence-electron chi connectivity index (χ2n) is 5.37. The number of sulfonamides is 1. The molecule has 3 rings (SSSR count). The molecule has 1 heterocycles. The summed E-state index contributed by atoms with van der Waals surface area (Å²) in [6.07, 6.45) is 1.34. The molecule has 0 aliphatic carbocycles. The van der Waals surface area contributed by atoms with Gasteiger partial charge in [-0.25, -0.2) is 31.1 Å². The molecule has 0 fully saturated rings. The predicted octanol–water partition coefficient (Wildman–Crippen LogP) is 3.62. The normalized spacial score (nSPS) is 11.6. The Hall–Kier alpha value is -2.78. The second kappa shape index (κ2) is 6.50. The summed E-state index contributed by atoms with van der Waals surface area (Å²) in [5.41, 5.74) is 0.193. The van der Waals surface area contributed by atoms with Crippen molar-refractivity contribution < 1.29 is 26.0 Å². The zero-order valence-electron chi connectivity index (χ0n) is 12.9. The third-order valence-corrected chi connectivity index (χ3v) is 4.50. The standard InChI is InChI=1S/C17H10F4N2O2S/c18-11-4-10(5-12(19)8-11)16-13(2-1-3-23-16)9-6-14(20)17(15(21)7-9)26(22,24)25/h1-8H,(H2,22,24,25). The minimum absolute atomic E-state index is 0.0504. The molecular weight excluding hydrogens is 372 g/mol. The SMILES string of the molecule is NS(=O)(=O)c1c(F)cc(-c2cccnc2-c2cc(F)cc(F)c2)cc1F. The maximum Gasteiger partial charge on any atom is 0.243 e. The Labute approximate surface area is 146 Å². The smallest absolute Gasteiger partial charge is 0.243 e. The summed E-state index contributed by atoms with van der Waals surface area (Å²) in [5, 5.41) is 4.80. The van der Waals surface area contributed by atoms with Crippen LogP contribution in [0.25, 0.3) is 22.4 Å². The Morgan fingerprint density at radius 3 is 1.96 bits per heavy atom. The number of hydrogen-bond acceptors (Lipinski definition) is 3. The summed E-state index contributed by atoms with van der Waals surface area (Å²) in [6, 6.07) is 7.11. The van der Waals surface area contributed by atoms with E-state index in [0.29, 0.717) is 6.07 Å². The number of pyridine rings is 1. The van der Waals surface area contributed by atoms with Crippen LogP contribution in [-0.2, 0) is 10.0 Å². The quantitative estimate of drug-likeness (QED) is 0.704. The predicted molar refractivity (Wildman–Crippen MR) is 86.3 cm³/mol. The Balaban J connectivity index is 2.24. The van der Waals surface area contributed by atoms with Crippen LogP contribution in [0, 0.1) is 23.3 Å². The van der Waals surface area contributed by atoms with Gasteiger partial charge in [0.05, 0.1) is 5.69 Å². The lowest BCUT2D eigenvalue weighted by molar-refractivity contribution is 0.520. The van der Waals surface area contributed by atoms with Gasteiger partial charge in [-0.15, -0.1) is 0 Å². The highest BCUT2D eigenvalue weighted by molar-refractivity contribution is 7.89. The molecule has 1 aromatic heterocycles. The van der Waals surface area contributed by atoms with Crippen molar-refractivity contribution in [2.75, 3.05) is 0 Å². The Morgan fingerprint density at radius 1 is 0.846 bits per heavy atom. The molecule has 4 nitrogen and oxygen atoms in total. The molecule has 134 valence electrons. The van der Waals surface area contributed by atoms with Gasteiger partial charge in [0.15, 0.2) is 4.90 Å². The zero-order valence-corrected chi connectivity index (χ0v) is 13.7. The molecule has 0 aliphatic heterocycles. The maximum absolute atomic E-state index is 14.1. The van der Waals surface area contributed by atoms with Crippen LogP contribution in [-0.4, -0.2) is 13.4 Å². The van der Waals surface area contributed by atoms with E-state index in [2.05, 4.69) is 4.98 Å². The minimum Gasteiger partial charge on any atom is -0.256 e. The molecule has 0 bridgehead atoms. The van der Waals surface area contributed by atoms with E-state index in [0.717, 1.165) is 24.3 Å². The van der Waals surface area contributed by atoms with Crippen LogP contribution in [0.15, 0.2) is 53.6 Å².